The molecule has 0 aromatic rings. The summed E-state index contributed by atoms with van der Waals surface area (Å²) in [7, 11) is 5.69. The lowest BCUT2D eigenvalue weighted by molar-refractivity contribution is -0.0572. The minimum absolute atomic E-state index is 0.232. The van der Waals surface area contributed by atoms with Gasteiger partial charge in [0.15, 0.2) is 0 Å². The molecular formula is C10H21NO2. The lowest BCUT2D eigenvalue weighted by atomic mass is 10.0. The zero-order valence-corrected chi connectivity index (χ0v) is 8.95. The average Bonchev–Trinajstić information content (AvgIpc) is 2.11. The number of likely N-dealkylation sites (tertiary alicyclic amines) is 1. The molecule has 0 spiro atoms. The van der Waals surface area contributed by atoms with Crippen molar-refractivity contribution in [2.75, 3.05) is 34.4 Å². The molecule has 3 nitrogen and oxygen atoms in total. The van der Waals surface area contributed by atoms with Crippen molar-refractivity contribution in [3.05, 3.63) is 0 Å². The van der Waals surface area contributed by atoms with Crippen LogP contribution < -0.4 is 0 Å². The lowest BCUT2D eigenvalue weighted by Gasteiger charge is -2.31. The topological polar surface area (TPSA) is 21.7 Å². The van der Waals surface area contributed by atoms with E-state index < -0.39 is 0 Å². The Labute approximate surface area is 81.0 Å². The molecule has 0 amide bonds. The fourth-order valence-corrected chi connectivity index (χ4v) is 1.93. The molecule has 1 aliphatic heterocycles. The van der Waals surface area contributed by atoms with Gasteiger partial charge in [0.25, 0.3) is 0 Å². The van der Waals surface area contributed by atoms with Crippen molar-refractivity contribution in [2.45, 2.75) is 31.5 Å². The molecule has 2 atom stereocenters. The van der Waals surface area contributed by atoms with Crippen molar-refractivity contribution in [1.82, 2.24) is 4.90 Å². The van der Waals surface area contributed by atoms with E-state index in [4.69, 9.17) is 9.47 Å². The van der Waals surface area contributed by atoms with Crippen LogP contribution in [0, 0.1) is 0 Å². The maximum atomic E-state index is 5.43. The van der Waals surface area contributed by atoms with E-state index in [2.05, 4.69) is 11.9 Å². The van der Waals surface area contributed by atoms with Crippen LogP contribution in [0.15, 0.2) is 0 Å². The first-order valence-electron chi connectivity index (χ1n) is 5.02. The fourth-order valence-electron chi connectivity index (χ4n) is 1.93. The van der Waals surface area contributed by atoms with Gasteiger partial charge in [0.1, 0.15) is 0 Å². The highest BCUT2D eigenvalue weighted by Gasteiger charge is 2.23. The summed E-state index contributed by atoms with van der Waals surface area (Å²) < 4.78 is 10.9. The van der Waals surface area contributed by atoms with Crippen molar-refractivity contribution >= 4 is 0 Å². The van der Waals surface area contributed by atoms with E-state index in [0.29, 0.717) is 0 Å². The first-order valence-corrected chi connectivity index (χ1v) is 5.02. The van der Waals surface area contributed by atoms with Gasteiger partial charge in [-0.15, -0.1) is 0 Å². The summed E-state index contributed by atoms with van der Waals surface area (Å²) in [5.41, 5.74) is 0. The Balaban J connectivity index is 2.49. The molecule has 0 N–H and O–H groups in total. The van der Waals surface area contributed by atoms with Crippen LogP contribution in [-0.2, 0) is 9.47 Å². The summed E-state index contributed by atoms with van der Waals surface area (Å²) in [6.45, 7) is 2.16. The van der Waals surface area contributed by atoms with E-state index in [1.54, 1.807) is 14.2 Å². The monoisotopic (exact) mass is 187 g/mol. The van der Waals surface area contributed by atoms with Crippen molar-refractivity contribution in [3.63, 3.8) is 0 Å². The Morgan fingerprint density at radius 1 is 1.08 bits per heavy atom. The molecule has 1 aliphatic rings. The van der Waals surface area contributed by atoms with E-state index >= 15 is 0 Å². The van der Waals surface area contributed by atoms with Crippen molar-refractivity contribution in [1.29, 1.82) is 0 Å². The molecule has 3 heteroatoms. The molecule has 0 aromatic carbocycles. The van der Waals surface area contributed by atoms with E-state index in [9.17, 15) is 0 Å². The van der Waals surface area contributed by atoms with E-state index in [0.717, 1.165) is 13.0 Å². The normalized spacial score (nSPS) is 32.5. The van der Waals surface area contributed by atoms with Crippen molar-refractivity contribution in [3.8, 4) is 0 Å². The molecule has 1 saturated heterocycles. The predicted octanol–water partition coefficient (Wildman–Crippen LogP) is 1.13. The Hall–Kier alpha value is -0.120. The summed E-state index contributed by atoms with van der Waals surface area (Å²) in [6.07, 6.45) is 4.14. The van der Waals surface area contributed by atoms with Gasteiger partial charge >= 0.3 is 0 Å². The van der Waals surface area contributed by atoms with E-state index in [-0.39, 0.29) is 12.2 Å². The smallest absolute Gasteiger partial charge is 0.0959 e. The molecule has 0 radical (unpaired) electrons. The van der Waals surface area contributed by atoms with Gasteiger partial charge in [0.2, 0.25) is 0 Å². The van der Waals surface area contributed by atoms with Crippen LogP contribution in [0.2, 0.25) is 0 Å². The van der Waals surface area contributed by atoms with Crippen LogP contribution in [-0.4, -0.2) is 51.5 Å². The van der Waals surface area contributed by atoms with Crippen molar-refractivity contribution < 1.29 is 9.47 Å². The molecular weight excluding hydrogens is 166 g/mol. The zero-order valence-electron chi connectivity index (χ0n) is 8.95. The molecule has 1 rings (SSSR count). The molecule has 1 heterocycles. The highest BCUT2D eigenvalue weighted by atomic mass is 16.5. The third kappa shape index (κ3) is 3.25. The third-order valence-electron chi connectivity index (χ3n) is 2.79. The van der Waals surface area contributed by atoms with Crippen molar-refractivity contribution in [2.24, 2.45) is 0 Å². The number of hydrogen-bond donors (Lipinski definition) is 0. The molecule has 0 saturated carbocycles. The van der Waals surface area contributed by atoms with Gasteiger partial charge in [-0.2, -0.15) is 0 Å². The van der Waals surface area contributed by atoms with Gasteiger partial charge in [0.05, 0.1) is 12.2 Å². The first kappa shape index (κ1) is 11.0. The van der Waals surface area contributed by atoms with Gasteiger partial charge in [-0.05, 0) is 32.9 Å². The molecule has 0 aliphatic carbocycles. The summed E-state index contributed by atoms with van der Waals surface area (Å²) in [5, 5.41) is 0. The number of hydrogen-bond acceptors (Lipinski definition) is 3. The van der Waals surface area contributed by atoms with Gasteiger partial charge in [-0.3, -0.25) is 0 Å². The molecule has 1 fully saturated rings. The summed E-state index contributed by atoms with van der Waals surface area (Å²) in [6, 6.07) is 0. The average molecular weight is 187 g/mol. The third-order valence-corrected chi connectivity index (χ3v) is 2.79. The lowest BCUT2D eigenvalue weighted by Crippen LogP contribution is -2.41. The number of nitrogens with zero attached hydrogens (tertiary/aromatic N) is 1. The molecule has 2 unspecified atom stereocenters. The quantitative estimate of drug-likeness (QED) is 0.647. The standard InChI is InChI=1S/C10H21NO2/c1-11-7-5-4-6-9(12-2)10(8-11)13-3/h9-10H,4-8H2,1-3H3. The molecule has 0 bridgehead atoms. The first-order chi connectivity index (χ1) is 6.27. The maximum Gasteiger partial charge on any atom is 0.0959 e. The summed E-state index contributed by atoms with van der Waals surface area (Å²) in [5.74, 6) is 0. The predicted molar refractivity (Wildman–Crippen MR) is 52.9 cm³/mol. The van der Waals surface area contributed by atoms with Crippen LogP contribution in [0.3, 0.4) is 0 Å². The van der Waals surface area contributed by atoms with E-state index in [1.807, 2.05) is 0 Å². The summed E-state index contributed by atoms with van der Waals surface area (Å²) in [4.78, 5) is 2.32. The second kappa shape index (κ2) is 5.58. The maximum absolute atomic E-state index is 5.43. The Morgan fingerprint density at radius 3 is 2.38 bits per heavy atom. The highest BCUT2D eigenvalue weighted by molar-refractivity contribution is 4.76. The highest BCUT2D eigenvalue weighted by Crippen LogP contribution is 2.15. The minimum Gasteiger partial charge on any atom is -0.379 e. The van der Waals surface area contributed by atoms with Gasteiger partial charge in [-0.25, -0.2) is 0 Å². The number of rotatable bonds is 2. The van der Waals surface area contributed by atoms with Crippen LogP contribution in [0.25, 0.3) is 0 Å². The largest absolute Gasteiger partial charge is 0.379 e. The molecule has 0 aromatic heterocycles. The number of methoxy groups -OCH3 is 2. The van der Waals surface area contributed by atoms with Crippen LogP contribution in [0.1, 0.15) is 19.3 Å². The number of ether oxygens (including phenoxy) is 2. The Kier molecular flexibility index (Phi) is 4.70. The SMILES string of the molecule is COC1CCCCN(C)CC1OC. The zero-order chi connectivity index (χ0) is 9.68. The van der Waals surface area contributed by atoms with E-state index in [1.165, 1.54) is 19.4 Å². The van der Waals surface area contributed by atoms with Crippen LogP contribution in [0.4, 0.5) is 0 Å². The molecule has 13 heavy (non-hydrogen) atoms. The molecule has 78 valence electrons. The fraction of sp³-hybridized carbons (Fsp3) is 1.00. The second-order valence-corrected chi connectivity index (χ2v) is 3.81. The Morgan fingerprint density at radius 2 is 1.77 bits per heavy atom. The van der Waals surface area contributed by atoms with Crippen LogP contribution >= 0.6 is 0 Å². The minimum atomic E-state index is 0.232. The summed E-state index contributed by atoms with van der Waals surface area (Å²) >= 11 is 0. The van der Waals surface area contributed by atoms with Gasteiger partial charge in [-0.1, -0.05) is 0 Å². The van der Waals surface area contributed by atoms with Gasteiger partial charge in [0, 0.05) is 20.8 Å². The Bertz CT molecular complexity index is 141. The van der Waals surface area contributed by atoms with Gasteiger partial charge < -0.3 is 14.4 Å². The van der Waals surface area contributed by atoms with Crippen LogP contribution in [0.5, 0.6) is 0 Å². The number of likely N-dealkylation sites (N-methyl/N-ethyl adjacent to an activating group) is 1. The second-order valence-electron chi connectivity index (χ2n) is 3.81.